The van der Waals surface area contributed by atoms with Crippen LogP contribution in [0.4, 0.5) is 0 Å². The van der Waals surface area contributed by atoms with Crippen LogP contribution in [0.15, 0.2) is 83.3 Å². The van der Waals surface area contributed by atoms with Crippen LogP contribution in [0.1, 0.15) is 32.9 Å². The predicted molar refractivity (Wildman–Crippen MR) is 144 cm³/mol. The van der Waals surface area contributed by atoms with Gasteiger partial charge in [-0.2, -0.15) is 5.10 Å². The standard InChI is InChI=1S/C29H25BrN4O/c1-18-9-4-7-14-28(18)34-20(3)25(19(2)33-34)17-31-29(35)24-16-27(21-10-8-11-22(30)15-21)32-26-13-6-5-12-23(24)26/h4-16H,17H2,1-3H3,(H,31,35). The van der Waals surface area contributed by atoms with Crippen molar-refractivity contribution in [2.75, 3.05) is 0 Å². The van der Waals surface area contributed by atoms with E-state index in [0.29, 0.717) is 12.1 Å². The van der Waals surface area contributed by atoms with Crippen LogP contribution in [-0.4, -0.2) is 20.7 Å². The minimum absolute atomic E-state index is 0.137. The molecule has 174 valence electrons. The number of halogens is 1. The molecule has 2 heterocycles. The lowest BCUT2D eigenvalue weighted by Crippen LogP contribution is -2.24. The van der Waals surface area contributed by atoms with Crippen LogP contribution < -0.4 is 5.32 Å². The van der Waals surface area contributed by atoms with E-state index in [2.05, 4.69) is 40.3 Å². The second-order valence-corrected chi connectivity index (χ2v) is 9.53. The summed E-state index contributed by atoms with van der Waals surface area (Å²) in [5, 5.41) is 8.71. The average molecular weight is 525 g/mol. The van der Waals surface area contributed by atoms with Crippen molar-refractivity contribution in [3.8, 4) is 16.9 Å². The van der Waals surface area contributed by atoms with Gasteiger partial charge in [0.2, 0.25) is 0 Å². The number of nitrogens with zero attached hydrogens (tertiary/aromatic N) is 3. The molecule has 3 aromatic carbocycles. The number of aryl methyl sites for hydroxylation is 2. The van der Waals surface area contributed by atoms with Gasteiger partial charge in [-0.1, -0.05) is 64.5 Å². The number of pyridine rings is 1. The summed E-state index contributed by atoms with van der Waals surface area (Å²) < 4.78 is 2.92. The van der Waals surface area contributed by atoms with Gasteiger partial charge in [0.15, 0.2) is 0 Å². The van der Waals surface area contributed by atoms with Crippen LogP contribution in [0.2, 0.25) is 0 Å². The van der Waals surface area contributed by atoms with Crippen LogP contribution >= 0.6 is 15.9 Å². The van der Waals surface area contributed by atoms with E-state index in [1.165, 1.54) is 0 Å². The summed E-state index contributed by atoms with van der Waals surface area (Å²) in [4.78, 5) is 18.3. The number of para-hydroxylation sites is 2. The van der Waals surface area contributed by atoms with Gasteiger partial charge in [0.25, 0.3) is 5.91 Å². The molecule has 0 aliphatic rings. The van der Waals surface area contributed by atoms with Crippen molar-refractivity contribution in [1.29, 1.82) is 0 Å². The number of hydrogen-bond acceptors (Lipinski definition) is 3. The van der Waals surface area contributed by atoms with Crippen LogP contribution in [0, 0.1) is 20.8 Å². The molecule has 2 aromatic heterocycles. The van der Waals surface area contributed by atoms with Crippen molar-refractivity contribution >= 4 is 32.7 Å². The fourth-order valence-corrected chi connectivity index (χ4v) is 4.79. The van der Waals surface area contributed by atoms with Crippen LogP contribution in [0.3, 0.4) is 0 Å². The number of rotatable bonds is 5. The Morgan fingerprint density at radius 2 is 1.71 bits per heavy atom. The van der Waals surface area contributed by atoms with Crippen molar-refractivity contribution in [3.63, 3.8) is 0 Å². The molecule has 0 aliphatic heterocycles. The Kier molecular flexibility index (Phi) is 6.22. The molecular weight excluding hydrogens is 500 g/mol. The first kappa shape index (κ1) is 23.0. The minimum atomic E-state index is -0.137. The SMILES string of the molecule is Cc1ccccc1-n1nc(C)c(CNC(=O)c2cc(-c3cccc(Br)c3)nc3ccccc23)c1C. The van der Waals surface area contributed by atoms with Gasteiger partial charge < -0.3 is 5.32 Å². The number of nitrogens with one attached hydrogen (secondary N) is 1. The van der Waals surface area contributed by atoms with E-state index in [0.717, 1.165) is 54.8 Å². The average Bonchev–Trinajstić information content (AvgIpc) is 3.14. The minimum Gasteiger partial charge on any atom is -0.348 e. The van der Waals surface area contributed by atoms with E-state index in [1.807, 2.05) is 85.3 Å². The summed E-state index contributed by atoms with van der Waals surface area (Å²) in [5.41, 5.74) is 8.24. The first-order valence-corrected chi connectivity index (χ1v) is 12.3. The molecule has 5 aromatic rings. The maximum atomic E-state index is 13.5. The fourth-order valence-electron chi connectivity index (χ4n) is 4.39. The highest BCUT2D eigenvalue weighted by molar-refractivity contribution is 9.10. The summed E-state index contributed by atoms with van der Waals surface area (Å²) in [6.07, 6.45) is 0. The number of hydrogen-bond donors (Lipinski definition) is 1. The maximum absolute atomic E-state index is 13.5. The fraction of sp³-hybridized carbons (Fsp3) is 0.138. The van der Waals surface area contributed by atoms with Crippen molar-refractivity contribution in [2.45, 2.75) is 27.3 Å². The number of carbonyl (C=O) groups is 1. The van der Waals surface area contributed by atoms with E-state index in [4.69, 9.17) is 10.1 Å². The van der Waals surface area contributed by atoms with E-state index >= 15 is 0 Å². The molecule has 5 rings (SSSR count). The Labute approximate surface area is 213 Å². The molecular formula is C29H25BrN4O. The third-order valence-corrected chi connectivity index (χ3v) is 6.78. The lowest BCUT2D eigenvalue weighted by molar-refractivity contribution is 0.0952. The monoisotopic (exact) mass is 524 g/mol. The summed E-state index contributed by atoms with van der Waals surface area (Å²) in [6, 6.07) is 25.7. The van der Waals surface area contributed by atoms with Crippen LogP contribution in [0.25, 0.3) is 27.8 Å². The molecule has 0 radical (unpaired) electrons. The molecule has 0 bridgehead atoms. The third kappa shape index (κ3) is 4.49. The van der Waals surface area contributed by atoms with Crippen molar-refractivity contribution in [1.82, 2.24) is 20.1 Å². The Morgan fingerprint density at radius 3 is 2.51 bits per heavy atom. The molecule has 35 heavy (non-hydrogen) atoms. The molecule has 5 nitrogen and oxygen atoms in total. The third-order valence-electron chi connectivity index (χ3n) is 6.29. The van der Waals surface area contributed by atoms with Crippen LogP contribution in [0.5, 0.6) is 0 Å². The molecule has 0 spiro atoms. The Hall–Kier alpha value is -3.77. The largest absolute Gasteiger partial charge is 0.348 e. The van der Waals surface area contributed by atoms with Gasteiger partial charge in [-0.3, -0.25) is 4.79 Å². The number of aromatic nitrogens is 3. The van der Waals surface area contributed by atoms with E-state index in [9.17, 15) is 4.79 Å². The molecule has 1 amide bonds. The molecule has 0 unspecified atom stereocenters. The van der Waals surface area contributed by atoms with Crippen molar-refractivity contribution in [3.05, 3.63) is 111 Å². The summed E-state index contributed by atoms with van der Waals surface area (Å²) >= 11 is 3.53. The molecule has 6 heteroatoms. The first-order chi connectivity index (χ1) is 16.9. The highest BCUT2D eigenvalue weighted by Gasteiger charge is 2.17. The maximum Gasteiger partial charge on any atom is 0.252 e. The van der Waals surface area contributed by atoms with Gasteiger partial charge in [0.05, 0.1) is 28.2 Å². The lowest BCUT2D eigenvalue weighted by Gasteiger charge is -2.12. The van der Waals surface area contributed by atoms with Gasteiger partial charge >= 0.3 is 0 Å². The first-order valence-electron chi connectivity index (χ1n) is 11.5. The summed E-state index contributed by atoms with van der Waals surface area (Å²) in [7, 11) is 0. The topological polar surface area (TPSA) is 59.8 Å². The van der Waals surface area contributed by atoms with E-state index < -0.39 is 0 Å². The second-order valence-electron chi connectivity index (χ2n) is 8.61. The van der Waals surface area contributed by atoms with Crippen molar-refractivity contribution < 1.29 is 4.79 Å². The van der Waals surface area contributed by atoms with Crippen molar-refractivity contribution in [2.24, 2.45) is 0 Å². The molecule has 0 saturated carbocycles. The van der Waals surface area contributed by atoms with Gasteiger partial charge in [-0.15, -0.1) is 0 Å². The normalized spacial score (nSPS) is 11.1. The zero-order chi connectivity index (χ0) is 24.5. The molecule has 0 saturated heterocycles. The van der Waals surface area contributed by atoms with E-state index in [1.54, 1.807) is 0 Å². The molecule has 0 aliphatic carbocycles. The number of fused-ring (bicyclic) bond motifs is 1. The van der Waals surface area contributed by atoms with Gasteiger partial charge in [-0.05, 0) is 56.7 Å². The highest BCUT2D eigenvalue weighted by Crippen LogP contribution is 2.27. The highest BCUT2D eigenvalue weighted by atomic mass is 79.9. The quantitative estimate of drug-likeness (QED) is 0.278. The second kappa shape index (κ2) is 9.47. The predicted octanol–water partition coefficient (Wildman–Crippen LogP) is 6.71. The number of carbonyl (C=O) groups excluding carboxylic acids is 1. The summed E-state index contributed by atoms with van der Waals surface area (Å²) in [6.45, 7) is 6.49. The van der Waals surface area contributed by atoms with Gasteiger partial charge in [0.1, 0.15) is 0 Å². The smallest absolute Gasteiger partial charge is 0.252 e. The number of benzene rings is 3. The van der Waals surface area contributed by atoms with E-state index in [-0.39, 0.29) is 5.91 Å². The molecule has 0 fully saturated rings. The summed E-state index contributed by atoms with van der Waals surface area (Å²) in [5.74, 6) is -0.137. The zero-order valence-corrected chi connectivity index (χ0v) is 21.4. The molecule has 0 atom stereocenters. The Balaban J connectivity index is 1.48. The van der Waals surface area contributed by atoms with Crippen LogP contribution in [-0.2, 0) is 6.54 Å². The lowest BCUT2D eigenvalue weighted by atomic mass is 10.0. The Morgan fingerprint density at radius 1 is 0.943 bits per heavy atom. The molecule has 1 N–H and O–H groups in total. The van der Waals surface area contributed by atoms with Gasteiger partial charge in [0, 0.05) is 33.2 Å². The number of amides is 1. The Bertz CT molecular complexity index is 1570. The van der Waals surface area contributed by atoms with Gasteiger partial charge in [-0.25, -0.2) is 9.67 Å². The zero-order valence-electron chi connectivity index (χ0n) is 19.8.